The molecular weight excluding hydrogens is 188 g/mol. The van der Waals surface area contributed by atoms with E-state index in [-0.39, 0.29) is 18.3 Å². The average Bonchev–Trinajstić information content (AvgIpc) is 2.09. The minimum Gasteiger partial charge on any atom is -0.358 e. The molecule has 0 saturated heterocycles. The smallest absolute Gasteiger partial charge is 0.240 e. The molecule has 3 N–H and O–H groups in total. The molecule has 0 aromatic rings. The third kappa shape index (κ3) is 2.35. The highest BCUT2D eigenvalue weighted by Crippen LogP contribution is 2.31. The lowest BCUT2D eigenvalue weighted by Crippen LogP contribution is -2.58. The Kier molecular flexibility index (Phi) is 4.71. The Morgan fingerprint density at radius 2 is 2.15 bits per heavy atom. The van der Waals surface area contributed by atoms with E-state index in [4.69, 9.17) is 5.73 Å². The molecule has 0 aliphatic heterocycles. The van der Waals surface area contributed by atoms with Gasteiger partial charge in [-0.2, -0.15) is 0 Å². The van der Waals surface area contributed by atoms with Crippen LogP contribution < -0.4 is 11.1 Å². The lowest BCUT2D eigenvalue weighted by atomic mass is 9.74. The van der Waals surface area contributed by atoms with Gasteiger partial charge in [0.1, 0.15) is 0 Å². The number of rotatable bonds is 1. The summed E-state index contributed by atoms with van der Waals surface area (Å²) in [7, 11) is 1.65. The molecule has 4 heteroatoms. The average molecular weight is 207 g/mol. The van der Waals surface area contributed by atoms with Gasteiger partial charge in [-0.05, 0) is 18.8 Å². The zero-order chi connectivity index (χ0) is 9.19. The fourth-order valence-electron chi connectivity index (χ4n) is 1.94. The molecule has 78 valence electrons. The van der Waals surface area contributed by atoms with Crippen molar-refractivity contribution < 1.29 is 4.79 Å². The number of nitrogens with two attached hydrogens (primary N) is 1. The number of halogens is 1. The van der Waals surface area contributed by atoms with Crippen molar-refractivity contribution in [3.63, 3.8) is 0 Å². The highest BCUT2D eigenvalue weighted by molar-refractivity contribution is 5.86. The summed E-state index contributed by atoms with van der Waals surface area (Å²) in [5, 5.41) is 2.64. The van der Waals surface area contributed by atoms with Crippen molar-refractivity contribution in [1.29, 1.82) is 0 Å². The van der Waals surface area contributed by atoms with Crippen LogP contribution in [0, 0.1) is 5.92 Å². The fourth-order valence-corrected chi connectivity index (χ4v) is 1.94. The van der Waals surface area contributed by atoms with Crippen LogP contribution >= 0.6 is 12.4 Å². The van der Waals surface area contributed by atoms with Crippen LogP contribution in [0.15, 0.2) is 0 Å². The first-order valence-electron chi connectivity index (χ1n) is 4.62. The molecule has 1 aliphatic rings. The standard InChI is InChI=1S/C9H18N2O.ClH/c1-7-5-3-4-6-9(7,10)8(12)11-2;/h7H,3-6,10H2,1-2H3,(H,11,12);1H. The first-order chi connectivity index (χ1) is 5.61. The van der Waals surface area contributed by atoms with E-state index in [0.717, 1.165) is 19.3 Å². The van der Waals surface area contributed by atoms with Crippen LogP contribution in [-0.2, 0) is 4.79 Å². The van der Waals surface area contributed by atoms with E-state index in [0.29, 0.717) is 5.92 Å². The maximum absolute atomic E-state index is 11.5. The molecule has 1 rings (SSSR count). The van der Waals surface area contributed by atoms with Gasteiger partial charge < -0.3 is 11.1 Å². The second-order valence-electron chi connectivity index (χ2n) is 3.77. The minimum absolute atomic E-state index is 0. The molecule has 1 aliphatic carbocycles. The van der Waals surface area contributed by atoms with E-state index in [1.807, 2.05) is 0 Å². The van der Waals surface area contributed by atoms with E-state index < -0.39 is 5.54 Å². The summed E-state index contributed by atoms with van der Waals surface area (Å²) in [5.74, 6) is 0.306. The van der Waals surface area contributed by atoms with Crippen LogP contribution in [0.5, 0.6) is 0 Å². The lowest BCUT2D eigenvalue weighted by Gasteiger charge is -2.37. The first kappa shape index (κ1) is 12.7. The quantitative estimate of drug-likeness (QED) is 0.674. The van der Waals surface area contributed by atoms with Gasteiger partial charge in [-0.3, -0.25) is 4.79 Å². The summed E-state index contributed by atoms with van der Waals surface area (Å²) in [6.45, 7) is 2.06. The zero-order valence-electron chi connectivity index (χ0n) is 8.30. The molecule has 3 nitrogen and oxygen atoms in total. The molecule has 1 fully saturated rings. The Labute approximate surface area is 85.9 Å². The Morgan fingerprint density at radius 1 is 1.54 bits per heavy atom. The summed E-state index contributed by atoms with van der Waals surface area (Å²) in [6.07, 6.45) is 4.18. The molecule has 0 spiro atoms. The molecule has 0 heterocycles. The van der Waals surface area contributed by atoms with E-state index in [1.165, 1.54) is 6.42 Å². The number of carbonyl (C=O) groups excluding carboxylic acids is 1. The van der Waals surface area contributed by atoms with Crippen molar-refractivity contribution in [3.8, 4) is 0 Å². The van der Waals surface area contributed by atoms with E-state index in [1.54, 1.807) is 7.05 Å². The van der Waals surface area contributed by atoms with E-state index >= 15 is 0 Å². The lowest BCUT2D eigenvalue weighted by molar-refractivity contribution is -0.128. The second kappa shape index (κ2) is 4.82. The summed E-state index contributed by atoms with van der Waals surface area (Å²) in [4.78, 5) is 11.5. The number of hydrogen-bond donors (Lipinski definition) is 2. The molecule has 13 heavy (non-hydrogen) atoms. The van der Waals surface area contributed by atoms with Crippen molar-refractivity contribution in [2.75, 3.05) is 7.05 Å². The maximum atomic E-state index is 11.5. The summed E-state index contributed by atoms with van der Waals surface area (Å²) in [5.41, 5.74) is 5.44. The van der Waals surface area contributed by atoms with Crippen molar-refractivity contribution in [2.24, 2.45) is 11.7 Å². The van der Waals surface area contributed by atoms with Crippen LogP contribution in [0.25, 0.3) is 0 Å². The topological polar surface area (TPSA) is 55.1 Å². The highest BCUT2D eigenvalue weighted by atomic mass is 35.5. The third-order valence-electron chi connectivity index (χ3n) is 3.01. The van der Waals surface area contributed by atoms with Crippen LogP contribution in [-0.4, -0.2) is 18.5 Å². The largest absolute Gasteiger partial charge is 0.358 e. The third-order valence-corrected chi connectivity index (χ3v) is 3.01. The molecule has 0 aromatic heterocycles. The van der Waals surface area contributed by atoms with Gasteiger partial charge in [-0.25, -0.2) is 0 Å². The van der Waals surface area contributed by atoms with Crippen molar-refractivity contribution in [3.05, 3.63) is 0 Å². The Hall–Kier alpha value is -0.280. The Bertz CT molecular complexity index is 186. The Balaban J connectivity index is 0.00000144. The number of hydrogen-bond acceptors (Lipinski definition) is 2. The SMILES string of the molecule is CNC(=O)C1(N)CCCCC1C.Cl. The van der Waals surface area contributed by atoms with Gasteiger partial charge in [-0.15, -0.1) is 12.4 Å². The summed E-state index contributed by atoms with van der Waals surface area (Å²) in [6, 6.07) is 0. The molecule has 1 amide bonds. The molecular formula is C9H19ClN2O. The maximum Gasteiger partial charge on any atom is 0.240 e. The normalized spacial score (nSPS) is 33.3. The summed E-state index contributed by atoms with van der Waals surface area (Å²) >= 11 is 0. The van der Waals surface area contributed by atoms with Gasteiger partial charge >= 0.3 is 0 Å². The molecule has 1 saturated carbocycles. The number of carbonyl (C=O) groups is 1. The zero-order valence-corrected chi connectivity index (χ0v) is 9.12. The van der Waals surface area contributed by atoms with Gasteiger partial charge in [-0.1, -0.05) is 19.8 Å². The second-order valence-corrected chi connectivity index (χ2v) is 3.77. The minimum atomic E-state index is -0.604. The van der Waals surface area contributed by atoms with E-state index in [2.05, 4.69) is 12.2 Å². The monoisotopic (exact) mass is 206 g/mol. The molecule has 0 radical (unpaired) electrons. The van der Waals surface area contributed by atoms with Crippen molar-refractivity contribution in [1.82, 2.24) is 5.32 Å². The Morgan fingerprint density at radius 3 is 2.62 bits per heavy atom. The summed E-state index contributed by atoms with van der Waals surface area (Å²) < 4.78 is 0. The number of likely N-dealkylation sites (N-methyl/N-ethyl adjacent to an activating group) is 1. The molecule has 2 unspecified atom stereocenters. The highest BCUT2D eigenvalue weighted by Gasteiger charge is 2.40. The number of amides is 1. The van der Waals surface area contributed by atoms with Gasteiger partial charge in [0.05, 0.1) is 5.54 Å². The molecule has 0 bridgehead atoms. The van der Waals surface area contributed by atoms with E-state index in [9.17, 15) is 4.79 Å². The van der Waals surface area contributed by atoms with Crippen LogP contribution in [0.4, 0.5) is 0 Å². The number of nitrogens with one attached hydrogen (secondary N) is 1. The van der Waals surface area contributed by atoms with Gasteiger partial charge in [0, 0.05) is 7.05 Å². The van der Waals surface area contributed by atoms with Crippen molar-refractivity contribution in [2.45, 2.75) is 38.1 Å². The molecule has 0 aromatic carbocycles. The van der Waals surface area contributed by atoms with Gasteiger partial charge in [0.15, 0.2) is 0 Å². The van der Waals surface area contributed by atoms with Crippen LogP contribution in [0.3, 0.4) is 0 Å². The van der Waals surface area contributed by atoms with Crippen LogP contribution in [0.1, 0.15) is 32.6 Å². The predicted molar refractivity (Wildman–Crippen MR) is 55.9 cm³/mol. The van der Waals surface area contributed by atoms with Crippen LogP contribution in [0.2, 0.25) is 0 Å². The first-order valence-corrected chi connectivity index (χ1v) is 4.62. The fraction of sp³-hybridized carbons (Fsp3) is 0.889. The van der Waals surface area contributed by atoms with Gasteiger partial charge in [0.2, 0.25) is 5.91 Å². The predicted octanol–water partition coefficient (Wildman–Crippen LogP) is 1.06. The van der Waals surface area contributed by atoms with Crippen molar-refractivity contribution >= 4 is 18.3 Å². The molecule has 2 atom stereocenters. The van der Waals surface area contributed by atoms with Gasteiger partial charge in [0.25, 0.3) is 0 Å².